The van der Waals surface area contributed by atoms with Crippen molar-refractivity contribution in [3.8, 4) is 0 Å². The molecule has 0 atom stereocenters. The van der Waals surface area contributed by atoms with E-state index in [1.807, 2.05) is 12.4 Å². The Hall–Kier alpha value is -1.03. The highest BCUT2D eigenvalue weighted by Gasteiger charge is 2.02. The minimum Gasteiger partial charge on any atom is -0.380 e. The normalized spacial score (nSPS) is 11.1. The second kappa shape index (κ2) is 8.12. The summed E-state index contributed by atoms with van der Waals surface area (Å²) >= 11 is 0. The van der Waals surface area contributed by atoms with Gasteiger partial charge in [0, 0.05) is 32.1 Å². The van der Waals surface area contributed by atoms with Crippen LogP contribution in [0.25, 0.3) is 0 Å². The fourth-order valence-corrected chi connectivity index (χ4v) is 1.46. The second-order valence-corrected chi connectivity index (χ2v) is 4.68. The molecule has 0 bridgehead atoms. The maximum atomic E-state index is 5.55. The standard InChI is InChI=1S/C13H25N3O/c1-4-5-9-17-10-8-16-7-6-14-13(16)15-11-12(2)3/h6-7,12H,4-5,8-11H2,1-3H3,(H,14,15). The lowest BCUT2D eigenvalue weighted by atomic mass is 10.2. The Morgan fingerprint density at radius 1 is 1.41 bits per heavy atom. The molecule has 0 amide bonds. The van der Waals surface area contributed by atoms with E-state index in [9.17, 15) is 0 Å². The third-order valence-corrected chi connectivity index (χ3v) is 2.50. The van der Waals surface area contributed by atoms with Gasteiger partial charge < -0.3 is 14.6 Å². The second-order valence-electron chi connectivity index (χ2n) is 4.68. The Balaban J connectivity index is 2.25. The van der Waals surface area contributed by atoms with Crippen molar-refractivity contribution < 1.29 is 4.74 Å². The maximum Gasteiger partial charge on any atom is 0.202 e. The van der Waals surface area contributed by atoms with E-state index in [2.05, 4.69) is 35.6 Å². The fourth-order valence-electron chi connectivity index (χ4n) is 1.46. The number of hydrogen-bond donors (Lipinski definition) is 1. The summed E-state index contributed by atoms with van der Waals surface area (Å²) in [5.41, 5.74) is 0. The summed E-state index contributed by atoms with van der Waals surface area (Å²) in [5.74, 6) is 1.57. The monoisotopic (exact) mass is 239 g/mol. The number of nitrogens with one attached hydrogen (secondary N) is 1. The first-order valence-electron chi connectivity index (χ1n) is 6.56. The number of aromatic nitrogens is 2. The van der Waals surface area contributed by atoms with Crippen molar-refractivity contribution in [3.05, 3.63) is 12.4 Å². The van der Waals surface area contributed by atoms with E-state index in [0.717, 1.165) is 38.7 Å². The van der Waals surface area contributed by atoms with Gasteiger partial charge >= 0.3 is 0 Å². The number of rotatable bonds is 9. The molecule has 0 aliphatic rings. The van der Waals surface area contributed by atoms with Crippen molar-refractivity contribution in [2.45, 2.75) is 40.2 Å². The topological polar surface area (TPSA) is 39.1 Å². The van der Waals surface area contributed by atoms with Crippen molar-refractivity contribution in [2.24, 2.45) is 5.92 Å². The lowest BCUT2D eigenvalue weighted by Crippen LogP contribution is -2.14. The first-order chi connectivity index (χ1) is 8.24. The summed E-state index contributed by atoms with van der Waals surface area (Å²) in [6, 6.07) is 0. The van der Waals surface area contributed by atoms with Crippen molar-refractivity contribution in [1.29, 1.82) is 0 Å². The number of imidazole rings is 1. The Morgan fingerprint density at radius 3 is 2.94 bits per heavy atom. The SMILES string of the molecule is CCCCOCCn1ccnc1NCC(C)C. The molecule has 0 saturated carbocycles. The van der Waals surface area contributed by atoms with E-state index in [1.54, 1.807) is 0 Å². The highest BCUT2D eigenvalue weighted by atomic mass is 16.5. The quantitative estimate of drug-likeness (QED) is 0.673. The molecule has 1 aromatic rings. The van der Waals surface area contributed by atoms with Gasteiger partial charge in [0.2, 0.25) is 5.95 Å². The van der Waals surface area contributed by atoms with Crippen LogP contribution in [-0.2, 0) is 11.3 Å². The largest absolute Gasteiger partial charge is 0.380 e. The molecule has 0 aliphatic heterocycles. The van der Waals surface area contributed by atoms with Crippen LogP contribution < -0.4 is 5.32 Å². The van der Waals surface area contributed by atoms with Crippen LogP contribution in [-0.4, -0.2) is 29.3 Å². The van der Waals surface area contributed by atoms with Gasteiger partial charge in [0.15, 0.2) is 0 Å². The van der Waals surface area contributed by atoms with Crippen LogP contribution in [0.1, 0.15) is 33.6 Å². The van der Waals surface area contributed by atoms with Gasteiger partial charge in [0.1, 0.15) is 0 Å². The lowest BCUT2D eigenvalue weighted by Gasteiger charge is -2.11. The zero-order valence-corrected chi connectivity index (χ0v) is 11.3. The molecule has 1 N–H and O–H groups in total. The van der Waals surface area contributed by atoms with Crippen molar-refractivity contribution >= 4 is 5.95 Å². The highest BCUT2D eigenvalue weighted by Crippen LogP contribution is 2.05. The van der Waals surface area contributed by atoms with Crippen LogP contribution in [0.15, 0.2) is 12.4 Å². The number of anilines is 1. The molecule has 1 heterocycles. The van der Waals surface area contributed by atoms with Crippen molar-refractivity contribution in [3.63, 3.8) is 0 Å². The maximum absolute atomic E-state index is 5.55. The fraction of sp³-hybridized carbons (Fsp3) is 0.769. The minimum absolute atomic E-state index is 0.626. The molecule has 0 fully saturated rings. The zero-order valence-electron chi connectivity index (χ0n) is 11.3. The van der Waals surface area contributed by atoms with Crippen molar-refractivity contribution in [2.75, 3.05) is 25.1 Å². The van der Waals surface area contributed by atoms with E-state index < -0.39 is 0 Å². The van der Waals surface area contributed by atoms with Crippen LogP contribution in [0.3, 0.4) is 0 Å². The molecular weight excluding hydrogens is 214 g/mol. The molecule has 1 aromatic heterocycles. The molecule has 17 heavy (non-hydrogen) atoms. The molecule has 0 saturated heterocycles. The van der Waals surface area contributed by atoms with Gasteiger partial charge in [-0.25, -0.2) is 4.98 Å². The molecule has 98 valence electrons. The molecule has 0 unspecified atom stereocenters. The molecule has 0 aliphatic carbocycles. The molecule has 4 nitrogen and oxygen atoms in total. The van der Waals surface area contributed by atoms with Crippen LogP contribution in [0.4, 0.5) is 5.95 Å². The predicted octanol–water partition coefficient (Wildman–Crippen LogP) is 2.77. The summed E-state index contributed by atoms with van der Waals surface area (Å²) in [5, 5.41) is 3.34. The van der Waals surface area contributed by atoms with Crippen molar-refractivity contribution in [1.82, 2.24) is 9.55 Å². The van der Waals surface area contributed by atoms with Gasteiger partial charge in [0.05, 0.1) is 6.61 Å². The number of unbranched alkanes of at least 4 members (excludes halogenated alkanes) is 1. The average molecular weight is 239 g/mol. The molecule has 1 rings (SSSR count). The molecule has 4 heteroatoms. The highest BCUT2D eigenvalue weighted by molar-refractivity contribution is 5.25. The van der Waals surface area contributed by atoms with Gasteiger partial charge in [-0.1, -0.05) is 27.2 Å². The predicted molar refractivity (Wildman–Crippen MR) is 71.3 cm³/mol. The first kappa shape index (κ1) is 14.0. The molecule has 0 radical (unpaired) electrons. The Kier molecular flexibility index (Phi) is 6.70. The van der Waals surface area contributed by atoms with E-state index in [4.69, 9.17) is 4.74 Å². The number of nitrogens with zero attached hydrogens (tertiary/aromatic N) is 2. The summed E-state index contributed by atoms with van der Waals surface area (Å²) in [6.07, 6.45) is 6.15. The van der Waals surface area contributed by atoms with Crippen LogP contribution in [0.2, 0.25) is 0 Å². The van der Waals surface area contributed by atoms with Gasteiger partial charge in [-0.15, -0.1) is 0 Å². The van der Waals surface area contributed by atoms with Gasteiger partial charge in [-0.05, 0) is 12.3 Å². The molecule has 0 aromatic carbocycles. The summed E-state index contributed by atoms with van der Waals surface area (Å²) in [6.45, 7) is 9.99. The summed E-state index contributed by atoms with van der Waals surface area (Å²) < 4.78 is 7.66. The van der Waals surface area contributed by atoms with Crippen LogP contribution in [0.5, 0.6) is 0 Å². The zero-order chi connectivity index (χ0) is 12.5. The van der Waals surface area contributed by atoms with Gasteiger partial charge in [0.25, 0.3) is 0 Å². The van der Waals surface area contributed by atoms with E-state index in [1.165, 1.54) is 6.42 Å². The van der Waals surface area contributed by atoms with Crippen LogP contribution in [0, 0.1) is 5.92 Å². The summed E-state index contributed by atoms with van der Waals surface area (Å²) in [4.78, 5) is 4.30. The Bertz CT molecular complexity index is 297. The van der Waals surface area contributed by atoms with Crippen LogP contribution >= 0.6 is 0 Å². The van der Waals surface area contributed by atoms with E-state index >= 15 is 0 Å². The smallest absolute Gasteiger partial charge is 0.202 e. The first-order valence-corrected chi connectivity index (χ1v) is 6.56. The third kappa shape index (κ3) is 5.73. The Morgan fingerprint density at radius 2 is 2.24 bits per heavy atom. The lowest BCUT2D eigenvalue weighted by molar-refractivity contribution is 0.124. The average Bonchev–Trinajstić information content (AvgIpc) is 2.73. The van der Waals surface area contributed by atoms with E-state index in [0.29, 0.717) is 5.92 Å². The van der Waals surface area contributed by atoms with Gasteiger partial charge in [-0.2, -0.15) is 0 Å². The molecule has 0 spiro atoms. The Labute approximate surface area is 104 Å². The molecular formula is C13H25N3O. The summed E-state index contributed by atoms with van der Waals surface area (Å²) in [7, 11) is 0. The number of hydrogen-bond acceptors (Lipinski definition) is 3. The van der Waals surface area contributed by atoms with Gasteiger partial charge in [-0.3, -0.25) is 0 Å². The third-order valence-electron chi connectivity index (χ3n) is 2.50. The van der Waals surface area contributed by atoms with E-state index in [-0.39, 0.29) is 0 Å². The number of ether oxygens (including phenoxy) is 1. The minimum atomic E-state index is 0.626.